The van der Waals surface area contributed by atoms with Crippen molar-refractivity contribution >= 4 is 23.0 Å². The minimum Gasteiger partial charge on any atom is -0.423 e. The van der Waals surface area contributed by atoms with Gasteiger partial charge in [0.15, 0.2) is 5.58 Å². The number of nitrogens with one attached hydrogen (secondary N) is 1. The number of hydrogen-bond donors (Lipinski definition) is 1. The van der Waals surface area contributed by atoms with Gasteiger partial charge in [-0.1, -0.05) is 12.1 Å². The molecule has 0 bridgehead atoms. The Bertz CT molecular complexity index is 794. The molecule has 3 aromatic rings. The van der Waals surface area contributed by atoms with Gasteiger partial charge in [0.05, 0.1) is 6.04 Å². The average molecular weight is 325 g/mol. The summed E-state index contributed by atoms with van der Waals surface area (Å²) in [5.74, 6) is -0.0388. The lowest BCUT2D eigenvalue weighted by atomic mass is 10.2. The lowest BCUT2D eigenvalue weighted by Gasteiger charge is -2.23. The predicted octanol–water partition coefficient (Wildman–Crippen LogP) is 1.81. The summed E-state index contributed by atoms with van der Waals surface area (Å²) < 4.78 is 7.48. The zero-order chi connectivity index (χ0) is 16.4. The summed E-state index contributed by atoms with van der Waals surface area (Å²) in [6, 6.07) is 10.4. The molecule has 0 spiro atoms. The molecule has 7 heteroatoms. The number of para-hydroxylation sites is 2. The van der Waals surface area contributed by atoms with Gasteiger partial charge in [0.2, 0.25) is 5.91 Å². The van der Waals surface area contributed by atoms with E-state index >= 15 is 0 Å². The van der Waals surface area contributed by atoms with Crippen LogP contribution in [-0.4, -0.2) is 39.8 Å². The highest BCUT2D eigenvalue weighted by Crippen LogP contribution is 2.27. The van der Waals surface area contributed by atoms with Gasteiger partial charge >= 0.3 is 0 Å². The Hall–Kier alpha value is -2.83. The van der Waals surface area contributed by atoms with Gasteiger partial charge in [0.25, 0.3) is 6.01 Å². The summed E-state index contributed by atoms with van der Waals surface area (Å²) in [7, 11) is 0. The van der Waals surface area contributed by atoms with Crippen LogP contribution in [0.1, 0.15) is 12.8 Å². The minimum absolute atomic E-state index is 0.0388. The van der Waals surface area contributed by atoms with Gasteiger partial charge in [-0.15, -0.1) is 0 Å². The van der Waals surface area contributed by atoms with Gasteiger partial charge < -0.3 is 14.6 Å². The molecule has 1 atom stereocenters. The monoisotopic (exact) mass is 325 g/mol. The van der Waals surface area contributed by atoms with Crippen LogP contribution >= 0.6 is 0 Å². The first-order valence-electron chi connectivity index (χ1n) is 8.16. The molecule has 4 rings (SSSR count). The summed E-state index contributed by atoms with van der Waals surface area (Å²) in [5, 5.41) is 7.03. The van der Waals surface area contributed by atoms with E-state index in [2.05, 4.69) is 20.3 Å². The van der Waals surface area contributed by atoms with E-state index in [4.69, 9.17) is 4.42 Å². The third-order valence-electron chi connectivity index (χ3n) is 4.31. The third-order valence-corrected chi connectivity index (χ3v) is 4.31. The molecule has 1 aliphatic heterocycles. The Morgan fingerprint density at radius 1 is 1.33 bits per heavy atom. The highest BCUT2D eigenvalue weighted by atomic mass is 16.4. The van der Waals surface area contributed by atoms with Crippen LogP contribution in [0.5, 0.6) is 0 Å². The molecule has 1 aliphatic rings. The van der Waals surface area contributed by atoms with E-state index in [0.717, 1.165) is 30.5 Å². The smallest absolute Gasteiger partial charge is 0.298 e. The maximum Gasteiger partial charge on any atom is 0.298 e. The van der Waals surface area contributed by atoms with Crippen molar-refractivity contribution < 1.29 is 9.21 Å². The first-order chi connectivity index (χ1) is 11.8. The number of aromatic nitrogens is 3. The second-order valence-electron chi connectivity index (χ2n) is 5.96. The number of rotatable bonds is 5. The van der Waals surface area contributed by atoms with Crippen molar-refractivity contribution in [3.63, 3.8) is 0 Å². The summed E-state index contributed by atoms with van der Waals surface area (Å²) in [4.78, 5) is 18.7. The van der Waals surface area contributed by atoms with Gasteiger partial charge in [0, 0.05) is 25.5 Å². The molecule has 3 heterocycles. The molecule has 7 nitrogen and oxygen atoms in total. The number of amides is 1. The van der Waals surface area contributed by atoms with E-state index in [9.17, 15) is 4.79 Å². The van der Waals surface area contributed by atoms with Crippen molar-refractivity contribution in [1.29, 1.82) is 0 Å². The van der Waals surface area contributed by atoms with Crippen molar-refractivity contribution in [2.45, 2.75) is 25.4 Å². The third kappa shape index (κ3) is 2.97. The zero-order valence-electron chi connectivity index (χ0n) is 13.3. The Labute approximate surface area is 139 Å². The standard InChI is InChI=1S/C17H19N5O2/c23-16(12-21-9-4-8-19-21)18-11-13-5-3-10-22(13)17-20-14-6-1-2-7-15(14)24-17/h1-2,4,6-9,13H,3,5,10-12H2,(H,18,23). The maximum absolute atomic E-state index is 12.0. The Morgan fingerprint density at radius 3 is 3.08 bits per heavy atom. The van der Waals surface area contributed by atoms with Crippen LogP contribution in [0.25, 0.3) is 11.1 Å². The average Bonchev–Trinajstić information content (AvgIpc) is 3.32. The van der Waals surface area contributed by atoms with Gasteiger partial charge in [-0.3, -0.25) is 9.48 Å². The largest absolute Gasteiger partial charge is 0.423 e. The maximum atomic E-state index is 12.0. The lowest BCUT2D eigenvalue weighted by Crippen LogP contribution is -2.41. The molecule has 1 amide bonds. The van der Waals surface area contributed by atoms with Crippen molar-refractivity contribution in [2.75, 3.05) is 18.0 Å². The summed E-state index contributed by atoms with van der Waals surface area (Å²) in [6.45, 7) is 1.72. The number of oxazole rings is 1. The van der Waals surface area contributed by atoms with Crippen LogP contribution in [-0.2, 0) is 11.3 Å². The fourth-order valence-electron chi connectivity index (χ4n) is 3.11. The number of carbonyl (C=O) groups excluding carboxylic acids is 1. The highest BCUT2D eigenvalue weighted by molar-refractivity contribution is 5.76. The van der Waals surface area contributed by atoms with E-state index in [1.165, 1.54) is 0 Å². The van der Waals surface area contributed by atoms with Crippen molar-refractivity contribution in [2.24, 2.45) is 0 Å². The lowest BCUT2D eigenvalue weighted by molar-refractivity contribution is -0.121. The molecule has 1 fully saturated rings. The first kappa shape index (κ1) is 14.7. The number of fused-ring (bicyclic) bond motifs is 1. The molecule has 2 aromatic heterocycles. The fourth-order valence-corrected chi connectivity index (χ4v) is 3.11. The van der Waals surface area contributed by atoms with Gasteiger partial charge in [-0.25, -0.2) is 0 Å². The second-order valence-corrected chi connectivity index (χ2v) is 5.96. The summed E-state index contributed by atoms with van der Waals surface area (Å²) >= 11 is 0. The van der Waals surface area contributed by atoms with Crippen molar-refractivity contribution in [3.8, 4) is 0 Å². The molecule has 24 heavy (non-hydrogen) atoms. The van der Waals surface area contributed by atoms with Crippen LogP contribution in [0.15, 0.2) is 47.1 Å². The van der Waals surface area contributed by atoms with Crippen molar-refractivity contribution in [1.82, 2.24) is 20.1 Å². The highest BCUT2D eigenvalue weighted by Gasteiger charge is 2.28. The summed E-state index contributed by atoms with van der Waals surface area (Å²) in [5.41, 5.74) is 1.65. The predicted molar refractivity (Wildman–Crippen MR) is 89.6 cm³/mol. The molecular formula is C17H19N5O2. The molecule has 0 aliphatic carbocycles. The van der Waals surface area contributed by atoms with Gasteiger partial charge in [0.1, 0.15) is 12.1 Å². The minimum atomic E-state index is -0.0388. The van der Waals surface area contributed by atoms with Crippen LogP contribution in [0.3, 0.4) is 0 Å². The van der Waals surface area contributed by atoms with E-state index < -0.39 is 0 Å². The number of anilines is 1. The van der Waals surface area contributed by atoms with Gasteiger partial charge in [-0.2, -0.15) is 10.1 Å². The number of carbonyl (C=O) groups is 1. The molecular weight excluding hydrogens is 306 g/mol. The fraction of sp³-hybridized carbons (Fsp3) is 0.353. The van der Waals surface area contributed by atoms with Crippen LogP contribution in [0, 0.1) is 0 Å². The second kappa shape index (κ2) is 6.35. The summed E-state index contributed by atoms with van der Waals surface area (Å²) in [6.07, 6.45) is 5.53. The Balaban J connectivity index is 1.40. The number of benzene rings is 1. The van der Waals surface area contributed by atoms with E-state index in [1.54, 1.807) is 23.1 Å². The number of nitrogens with zero attached hydrogens (tertiary/aromatic N) is 4. The molecule has 1 N–H and O–H groups in total. The quantitative estimate of drug-likeness (QED) is 0.774. The van der Waals surface area contributed by atoms with E-state index in [1.807, 2.05) is 24.3 Å². The van der Waals surface area contributed by atoms with Crippen molar-refractivity contribution in [3.05, 3.63) is 42.7 Å². The van der Waals surface area contributed by atoms with Gasteiger partial charge in [-0.05, 0) is 31.0 Å². The normalized spacial score (nSPS) is 17.5. The molecule has 124 valence electrons. The van der Waals surface area contributed by atoms with E-state index in [0.29, 0.717) is 12.6 Å². The first-order valence-corrected chi connectivity index (χ1v) is 8.16. The topological polar surface area (TPSA) is 76.2 Å². The van der Waals surface area contributed by atoms with Crippen LogP contribution in [0.4, 0.5) is 6.01 Å². The molecule has 0 saturated carbocycles. The molecule has 1 unspecified atom stereocenters. The Morgan fingerprint density at radius 2 is 2.25 bits per heavy atom. The zero-order valence-corrected chi connectivity index (χ0v) is 13.3. The molecule has 1 saturated heterocycles. The van der Waals surface area contributed by atoms with Crippen LogP contribution in [0.2, 0.25) is 0 Å². The SMILES string of the molecule is O=C(Cn1cccn1)NCC1CCCN1c1nc2ccccc2o1. The molecule has 1 aromatic carbocycles. The molecule has 0 radical (unpaired) electrons. The number of hydrogen-bond acceptors (Lipinski definition) is 5. The van der Waals surface area contributed by atoms with E-state index in [-0.39, 0.29) is 18.5 Å². The van der Waals surface area contributed by atoms with Crippen LogP contribution < -0.4 is 10.2 Å². The Kier molecular flexibility index (Phi) is 3.90.